The molecule has 0 saturated carbocycles. The van der Waals surface area contributed by atoms with Crippen LogP contribution in [0.4, 0.5) is 0 Å². The van der Waals surface area contributed by atoms with Crippen LogP contribution in [0.5, 0.6) is 0 Å². The first-order valence-corrected chi connectivity index (χ1v) is 13.2. The molecule has 0 nitrogen and oxygen atoms in total. The Hall–Kier alpha value is -5.46. The molecule has 0 radical (unpaired) electrons. The Morgan fingerprint density at radius 1 is 0.333 bits per heavy atom. The summed E-state index contributed by atoms with van der Waals surface area (Å²) in [6.07, 6.45) is 0. The summed E-state index contributed by atoms with van der Waals surface area (Å²) < 4.78 is 162. The van der Waals surface area contributed by atoms with Gasteiger partial charge in [0.05, 0.1) is 24.7 Å². The molecule has 0 aliphatic heterocycles. The van der Waals surface area contributed by atoms with Gasteiger partial charge in [-0.2, -0.15) is 0 Å². The van der Waals surface area contributed by atoms with E-state index in [1.807, 2.05) is 0 Å². The van der Waals surface area contributed by atoms with E-state index in [1.54, 1.807) is 30.3 Å². The second-order valence-electron chi connectivity index (χ2n) is 10.2. The van der Waals surface area contributed by atoms with E-state index in [1.165, 1.54) is 6.07 Å². The molecule has 10 aromatic carbocycles. The number of hydrogen-bond acceptors (Lipinski definition) is 0. The van der Waals surface area contributed by atoms with E-state index in [0.29, 0.717) is 10.8 Å². The van der Waals surface area contributed by atoms with Gasteiger partial charge < -0.3 is 0 Å². The van der Waals surface area contributed by atoms with Crippen molar-refractivity contribution in [1.29, 1.82) is 0 Å². The van der Waals surface area contributed by atoms with Crippen molar-refractivity contribution in [3.05, 3.63) is 145 Å². The molecule has 0 atom stereocenters. The Labute approximate surface area is 268 Å². The summed E-state index contributed by atoms with van der Waals surface area (Å²) in [6, 6.07) is 0.538. The van der Waals surface area contributed by atoms with Crippen molar-refractivity contribution >= 4 is 75.4 Å². The molecular formula is C42H24. The third-order valence-corrected chi connectivity index (χ3v) is 8.04. The van der Waals surface area contributed by atoms with Gasteiger partial charge in [0, 0.05) is 0 Å². The van der Waals surface area contributed by atoms with Crippen molar-refractivity contribution in [3.8, 4) is 22.3 Å². The highest BCUT2D eigenvalue weighted by Gasteiger charge is 2.17. The van der Waals surface area contributed by atoms with E-state index in [9.17, 15) is 8.22 Å². The molecule has 192 valence electrons. The molecule has 0 heteroatoms. The van der Waals surface area contributed by atoms with Crippen LogP contribution in [0.25, 0.3) is 97.7 Å². The van der Waals surface area contributed by atoms with Crippen molar-refractivity contribution in [2.24, 2.45) is 0 Å². The summed E-state index contributed by atoms with van der Waals surface area (Å²) in [5.41, 5.74) is 0.219. The molecule has 0 saturated heterocycles. The number of rotatable bonds is 2. The summed E-state index contributed by atoms with van der Waals surface area (Å²) in [6.45, 7) is 0. The van der Waals surface area contributed by atoms with Crippen LogP contribution in [0.2, 0.25) is 0 Å². The van der Waals surface area contributed by atoms with Crippen LogP contribution in [-0.4, -0.2) is 0 Å². The average Bonchev–Trinajstić information content (AvgIpc) is 3.22. The molecule has 0 N–H and O–H groups in total. The molecule has 0 heterocycles. The molecule has 0 spiro atoms. The Morgan fingerprint density at radius 2 is 0.810 bits per heavy atom. The van der Waals surface area contributed by atoms with Crippen molar-refractivity contribution < 1.29 is 24.7 Å². The van der Waals surface area contributed by atoms with Gasteiger partial charge in [0.2, 0.25) is 0 Å². The van der Waals surface area contributed by atoms with E-state index < -0.39 is 109 Å². The van der Waals surface area contributed by atoms with Gasteiger partial charge >= 0.3 is 0 Å². The van der Waals surface area contributed by atoms with Crippen LogP contribution in [0, 0.1) is 0 Å². The smallest absolute Gasteiger partial charge is 0.0616 e. The molecule has 0 fully saturated rings. The van der Waals surface area contributed by atoms with Gasteiger partial charge in [-0.3, -0.25) is 0 Å². The van der Waals surface area contributed by atoms with Crippen LogP contribution < -0.4 is 0 Å². The maximum atomic E-state index is 9.48. The molecular weight excluding hydrogens is 504 g/mol. The summed E-state index contributed by atoms with van der Waals surface area (Å²) >= 11 is 0. The quantitative estimate of drug-likeness (QED) is 0.189. The van der Waals surface area contributed by atoms with Crippen molar-refractivity contribution in [2.75, 3.05) is 0 Å². The monoisotopic (exact) mass is 546 g/mol. The SMILES string of the molecule is [2H]c1c([2H])c2c([2H])c([2H])c3c([2H])c([2H])c(-c4cc(-c5c([2H])c([2H])c6c([2H])c([2H])c7c([2H])c([2H])c([2H])c8c([2H])c([2H])c5c6c78)c5ccccc5c4)c4c([2H])c([2H])c(c1[2H])c2c34. The van der Waals surface area contributed by atoms with Gasteiger partial charge in [0.1, 0.15) is 0 Å². The molecule has 0 unspecified atom stereocenters. The van der Waals surface area contributed by atoms with Gasteiger partial charge in [-0.25, -0.2) is 0 Å². The van der Waals surface area contributed by atoms with E-state index in [-0.39, 0.29) is 86.9 Å². The highest BCUT2D eigenvalue weighted by Crippen LogP contribution is 2.44. The molecule has 0 aliphatic rings. The van der Waals surface area contributed by atoms with E-state index >= 15 is 0 Å². The normalized spacial score (nSPS) is 18.3. The van der Waals surface area contributed by atoms with E-state index in [4.69, 9.17) is 16.4 Å². The highest BCUT2D eigenvalue weighted by molar-refractivity contribution is 6.27. The lowest BCUT2D eigenvalue weighted by molar-refractivity contribution is 1.67. The number of fused-ring (bicyclic) bond motifs is 1. The predicted octanol–water partition coefficient (Wildman–Crippen LogP) is 12.0. The fourth-order valence-electron chi connectivity index (χ4n) is 6.21. The van der Waals surface area contributed by atoms with Crippen molar-refractivity contribution in [3.63, 3.8) is 0 Å². The second-order valence-corrected chi connectivity index (χ2v) is 10.2. The van der Waals surface area contributed by atoms with Crippen LogP contribution in [0.1, 0.15) is 24.7 Å². The average molecular weight is 547 g/mol. The van der Waals surface area contributed by atoms with E-state index in [0.717, 1.165) is 0 Å². The van der Waals surface area contributed by atoms with Crippen molar-refractivity contribution in [2.45, 2.75) is 0 Å². The maximum absolute atomic E-state index is 9.48. The van der Waals surface area contributed by atoms with Crippen molar-refractivity contribution in [1.82, 2.24) is 0 Å². The third kappa shape index (κ3) is 2.91. The molecule has 42 heavy (non-hydrogen) atoms. The highest BCUT2D eigenvalue weighted by atomic mass is 14.2. The Kier molecular flexibility index (Phi) is 2.19. The third-order valence-electron chi connectivity index (χ3n) is 8.04. The minimum absolute atomic E-state index is 0.000288. The fraction of sp³-hybridized carbons (Fsp3) is 0. The zero-order valence-electron chi connectivity index (χ0n) is 39.5. The van der Waals surface area contributed by atoms with Crippen LogP contribution in [0.15, 0.2) is 145 Å². The fourth-order valence-corrected chi connectivity index (χ4v) is 6.21. The Morgan fingerprint density at radius 3 is 1.43 bits per heavy atom. The predicted molar refractivity (Wildman–Crippen MR) is 182 cm³/mol. The number of benzene rings is 10. The Balaban J connectivity index is 1.45. The molecule has 0 amide bonds. The largest absolute Gasteiger partial charge is 0.0630 e. The molecule has 0 aliphatic carbocycles. The molecule has 10 rings (SSSR count). The molecule has 0 aromatic heterocycles. The maximum Gasteiger partial charge on any atom is 0.0630 e. The summed E-state index contributed by atoms with van der Waals surface area (Å²) in [5.74, 6) is 0. The first-order valence-electron chi connectivity index (χ1n) is 22.2. The lowest BCUT2D eigenvalue weighted by atomic mass is 9.85. The first kappa shape index (κ1) is 11.4. The van der Waals surface area contributed by atoms with Crippen LogP contribution in [0.3, 0.4) is 0 Å². The minimum atomic E-state index is -0.597. The zero-order chi connectivity index (χ0) is 43.0. The minimum Gasteiger partial charge on any atom is -0.0616 e. The summed E-state index contributed by atoms with van der Waals surface area (Å²) in [5, 5.41) is -0.502. The number of hydrogen-bond donors (Lipinski definition) is 0. The van der Waals surface area contributed by atoms with Gasteiger partial charge in [-0.1, -0.05) is 133 Å². The van der Waals surface area contributed by atoms with Gasteiger partial charge in [-0.15, -0.1) is 0 Å². The first-order chi connectivity index (χ1) is 28.3. The summed E-state index contributed by atoms with van der Waals surface area (Å²) in [4.78, 5) is 0. The van der Waals surface area contributed by atoms with Crippen LogP contribution >= 0.6 is 0 Å². The molecule has 10 aromatic rings. The Bertz CT molecular complexity index is 3640. The van der Waals surface area contributed by atoms with E-state index in [2.05, 4.69) is 0 Å². The lowest BCUT2D eigenvalue weighted by Crippen LogP contribution is -1.91. The molecule has 0 bridgehead atoms. The van der Waals surface area contributed by atoms with Gasteiger partial charge in [0.15, 0.2) is 0 Å². The summed E-state index contributed by atoms with van der Waals surface area (Å²) in [7, 11) is 0. The standard InChI is InChI=1S/C42H24/c1-2-10-33-31(5-1)23-32(34-19-15-29-13-11-25-6-3-8-27-17-21-36(34)41(29)39(25)27)24-38(33)35-20-16-30-14-12-26-7-4-9-28-18-22-37(35)42(30)40(26)28/h1-24H/i3D,4D,6D,7D,8D,9D,11D,12D,13D,14D,15D,16D,17D,18D,19D,20D,21D,22D. The second kappa shape index (κ2) is 8.06. The zero-order valence-corrected chi connectivity index (χ0v) is 21.5. The van der Waals surface area contributed by atoms with Crippen LogP contribution in [-0.2, 0) is 0 Å². The van der Waals surface area contributed by atoms with Gasteiger partial charge in [-0.05, 0) is 110 Å². The topological polar surface area (TPSA) is 0 Å². The lowest BCUT2D eigenvalue weighted by Gasteiger charge is -2.18. The van der Waals surface area contributed by atoms with Gasteiger partial charge in [0.25, 0.3) is 0 Å².